The van der Waals surface area contributed by atoms with E-state index in [0.29, 0.717) is 6.42 Å². The van der Waals surface area contributed by atoms with E-state index in [2.05, 4.69) is 79.5 Å². The first-order chi connectivity index (χ1) is 14.6. The third-order valence-electron chi connectivity index (χ3n) is 6.08. The monoisotopic (exact) mass is 395 g/mol. The molecule has 0 unspecified atom stereocenters. The van der Waals surface area contributed by atoms with Crippen LogP contribution in [0.15, 0.2) is 91.0 Å². The van der Waals surface area contributed by atoms with Gasteiger partial charge in [-0.25, -0.2) is 0 Å². The zero-order chi connectivity index (χ0) is 21.0. The Bertz CT molecular complexity index is 1000. The highest BCUT2D eigenvalue weighted by atomic mass is 16.3. The van der Waals surface area contributed by atoms with Crippen LogP contribution in [-0.2, 0) is 0 Å². The van der Waals surface area contributed by atoms with Crippen LogP contribution in [0.1, 0.15) is 49.0 Å². The molecule has 0 amide bonds. The summed E-state index contributed by atoms with van der Waals surface area (Å²) in [5, 5.41) is 15.9. The first-order valence-corrected chi connectivity index (χ1v) is 10.7. The van der Waals surface area contributed by atoms with Crippen molar-refractivity contribution in [2.75, 3.05) is 0 Å². The van der Waals surface area contributed by atoms with E-state index in [4.69, 9.17) is 0 Å². The molecule has 1 heterocycles. The van der Waals surface area contributed by atoms with E-state index in [1.807, 2.05) is 42.5 Å². The second-order valence-corrected chi connectivity index (χ2v) is 8.53. The molecule has 0 spiro atoms. The minimum atomic E-state index is -1.10. The predicted molar refractivity (Wildman–Crippen MR) is 123 cm³/mol. The van der Waals surface area contributed by atoms with Crippen LogP contribution in [0, 0.1) is 23.7 Å². The van der Waals surface area contributed by atoms with Crippen LogP contribution in [0.3, 0.4) is 0 Å². The summed E-state index contributed by atoms with van der Waals surface area (Å²) in [6.45, 7) is 4.36. The molecular formula is C28H29NO. The van der Waals surface area contributed by atoms with Crippen molar-refractivity contribution in [1.29, 1.82) is 0 Å². The molecule has 30 heavy (non-hydrogen) atoms. The van der Waals surface area contributed by atoms with Gasteiger partial charge in [0.15, 0.2) is 0 Å². The highest BCUT2D eigenvalue weighted by Crippen LogP contribution is 2.46. The molecule has 4 rings (SSSR count). The molecule has 1 aliphatic rings. The maximum Gasteiger partial charge on any atom is 0.132 e. The van der Waals surface area contributed by atoms with Crippen molar-refractivity contribution in [1.82, 2.24) is 5.32 Å². The van der Waals surface area contributed by atoms with Crippen molar-refractivity contribution in [2.24, 2.45) is 11.8 Å². The summed E-state index contributed by atoms with van der Waals surface area (Å²) in [4.78, 5) is 0. The lowest BCUT2D eigenvalue weighted by molar-refractivity contribution is -0.0478. The largest absolute Gasteiger partial charge is 0.377 e. The number of nitrogens with one attached hydrogen (secondary N) is 1. The molecule has 0 aliphatic carbocycles. The Morgan fingerprint density at radius 2 is 1.37 bits per heavy atom. The molecule has 1 aliphatic heterocycles. The summed E-state index contributed by atoms with van der Waals surface area (Å²) in [6.07, 6.45) is 0.559. The molecule has 0 radical (unpaired) electrons. The topological polar surface area (TPSA) is 32.3 Å². The average Bonchev–Trinajstić information content (AvgIpc) is 2.79. The molecule has 0 bridgehead atoms. The Morgan fingerprint density at radius 1 is 0.833 bits per heavy atom. The Hall–Kier alpha value is -2.86. The van der Waals surface area contributed by atoms with E-state index in [9.17, 15) is 5.11 Å². The minimum absolute atomic E-state index is 0.0141. The standard InChI is InChI=1S/C28H29NO/c1-21(2)26-27(24-16-10-5-11-17-24)29-25(23-14-8-4-9-15-23)20-28(26,30)19-18-22-12-6-3-7-13-22/h3-17,21,25-27,29-30H,20H2,1-2H3/t25-,26+,27-,28+/m1/s1. The molecular weight excluding hydrogens is 366 g/mol. The van der Waals surface area contributed by atoms with Crippen LogP contribution in [0.2, 0.25) is 0 Å². The van der Waals surface area contributed by atoms with Crippen LogP contribution < -0.4 is 5.32 Å². The van der Waals surface area contributed by atoms with E-state index in [1.54, 1.807) is 0 Å². The number of hydrogen-bond acceptors (Lipinski definition) is 2. The third-order valence-corrected chi connectivity index (χ3v) is 6.08. The molecule has 0 saturated carbocycles. The molecule has 0 aromatic heterocycles. The van der Waals surface area contributed by atoms with Gasteiger partial charge in [-0.1, -0.05) is 105 Å². The van der Waals surface area contributed by atoms with Crippen LogP contribution in [0.5, 0.6) is 0 Å². The van der Waals surface area contributed by atoms with Crippen molar-refractivity contribution in [2.45, 2.75) is 38.0 Å². The molecule has 3 aromatic carbocycles. The van der Waals surface area contributed by atoms with E-state index in [0.717, 1.165) is 5.56 Å². The van der Waals surface area contributed by atoms with E-state index in [-0.39, 0.29) is 23.9 Å². The normalized spacial score (nSPS) is 26.1. The predicted octanol–water partition coefficient (Wildman–Crippen LogP) is 5.52. The number of piperidine rings is 1. The average molecular weight is 396 g/mol. The number of rotatable bonds is 3. The zero-order valence-corrected chi connectivity index (χ0v) is 17.6. The fourth-order valence-corrected chi connectivity index (χ4v) is 4.74. The summed E-state index contributed by atoms with van der Waals surface area (Å²) >= 11 is 0. The Balaban J connectivity index is 1.79. The lowest BCUT2D eigenvalue weighted by Gasteiger charge is -2.48. The van der Waals surface area contributed by atoms with Crippen molar-refractivity contribution in [3.63, 3.8) is 0 Å². The lowest BCUT2D eigenvalue weighted by Crippen LogP contribution is -2.54. The summed E-state index contributed by atoms with van der Waals surface area (Å²) in [6, 6.07) is 30.8. The van der Waals surface area contributed by atoms with Gasteiger partial charge in [-0.3, -0.25) is 0 Å². The van der Waals surface area contributed by atoms with Crippen molar-refractivity contribution in [3.05, 3.63) is 108 Å². The summed E-state index contributed by atoms with van der Waals surface area (Å²) < 4.78 is 0. The van der Waals surface area contributed by atoms with E-state index in [1.165, 1.54) is 11.1 Å². The minimum Gasteiger partial charge on any atom is -0.377 e. The second kappa shape index (κ2) is 8.88. The maximum absolute atomic E-state index is 12.0. The first kappa shape index (κ1) is 20.4. The molecule has 152 valence electrons. The van der Waals surface area contributed by atoms with Gasteiger partial charge < -0.3 is 10.4 Å². The Labute approximate surface area is 180 Å². The fourth-order valence-electron chi connectivity index (χ4n) is 4.74. The van der Waals surface area contributed by atoms with E-state index < -0.39 is 5.60 Å². The van der Waals surface area contributed by atoms with Gasteiger partial charge >= 0.3 is 0 Å². The molecule has 2 heteroatoms. The van der Waals surface area contributed by atoms with Gasteiger partial charge in [0, 0.05) is 30.0 Å². The van der Waals surface area contributed by atoms with Crippen molar-refractivity contribution >= 4 is 0 Å². The van der Waals surface area contributed by atoms with Crippen LogP contribution >= 0.6 is 0 Å². The maximum atomic E-state index is 12.0. The van der Waals surface area contributed by atoms with Gasteiger partial charge in [0.05, 0.1) is 0 Å². The molecule has 1 saturated heterocycles. The van der Waals surface area contributed by atoms with Gasteiger partial charge in [-0.15, -0.1) is 0 Å². The summed E-state index contributed by atoms with van der Waals surface area (Å²) in [5.41, 5.74) is 2.20. The van der Waals surface area contributed by atoms with Crippen LogP contribution in [-0.4, -0.2) is 10.7 Å². The summed E-state index contributed by atoms with van der Waals surface area (Å²) in [7, 11) is 0. The number of aliphatic hydroxyl groups is 1. The molecule has 4 atom stereocenters. The Kier molecular flexibility index (Phi) is 6.04. The smallest absolute Gasteiger partial charge is 0.132 e. The van der Waals surface area contributed by atoms with Gasteiger partial charge in [0.25, 0.3) is 0 Å². The second-order valence-electron chi connectivity index (χ2n) is 8.53. The summed E-state index contributed by atoms with van der Waals surface area (Å²) in [5.74, 6) is 6.79. The molecule has 2 N–H and O–H groups in total. The molecule has 2 nitrogen and oxygen atoms in total. The number of hydrogen-bond donors (Lipinski definition) is 2. The van der Waals surface area contributed by atoms with E-state index >= 15 is 0 Å². The highest BCUT2D eigenvalue weighted by Gasteiger charge is 2.48. The van der Waals surface area contributed by atoms with Gasteiger partial charge in [0.2, 0.25) is 0 Å². The van der Waals surface area contributed by atoms with Gasteiger partial charge in [-0.05, 0) is 29.2 Å². The fraction of sp³-hybridized carbons (Fsp3) is 0.286. The molecule has 1 fully saturated rings. The Morgan fingerprint density at radius 3 is 1.93 bits per heavy atom. The SMILES string of the molecule is CC(C)[C@H]1[C@@H](c2ccccc2)N[C@@H](c2ccccc2)C[C@@]1(O)C#Cc1ccccc1. The third kappa shape index (κ3) is 4.33. The molecule has 3 aromatic rings. The van der Waals surface area contributed by atoms with Crippen LogP contribution in [0.25, 0.3) is 0 Å². The van der Waals surface area contributed by atoms with Gasteiger partial charge in [-0.2, -0.15) is 0 Å². The number of benzene rings is 3. The zero-order valence-electron chi connectivity index (χ0n) is 17.6. The van der Waals surface area contributed by atoms with Gasteiger partial charge in [0.1, 0.15) is 5.60 Å². The quantitative estimate of drug-likeness (QED) is 0.573. The van der Waals surface area contributed by atoms with Crippen LogP contribution in [0.4, 0.5) is 0 Å². The van der Waals surface area contributed by atoms with Crippen molar-refractivity contribution in [3.8, 4) is 11.8 Å². The highest BCUT2D eigenvalue weighted by molar-refractivity contribution is 5.38. The van der Waals surface area contributed by atoms with Crippen molar-refractivity contribution < 1.29 is 5.11 Å². The first-order valence-electron chi connectivity index (χ1n) is 10.7. The lowest BCUT2D eigenvalue weighted by atomic mass is 9.67.